The standard InChI is InChI=1S/C78H102N6O4/c1-9-11-13-15-17-19-21-23-25-55-85-63-37-29-59(30-38-63)75-67-45-46-68(79-67)76(60-31-39-64(40-32-60)86-56-26-24-22-20-18-16-14-12-10-2)70-48-50-72(81-70)78(62-35-43-66(44-36-62)88-58-28-54-84(6,7)8)74-52-51-73(82-74)77(71-49-47-69(75)80-71)61-33-41-65(42-34-61)87-57-27-53-83(3,4)5/h29-52,80-81H,9-28,53-58H2,1-8H3/q+2. The molecule has 466 valence electrons. The van der Waals surface area contributed by atoms with E-state index in [1.807, 2.05) is 0 Å². The van der Waals surface area contributed by atoms with E-state index in [1.165, 1.54) is 103 Å². The van der Waals surface area contributed by atoms with Gasteiger partial charge in [0, 0.05) is 57.2 Å². The molecule has 10 heteroatoms. The summed E-state index contributed by atoms with van der Waals surface area (Å²) in [7, 11) is 13.3. The van der Waals surface area contributed by atoms with Gasteiger partial charge in [0.25, 0.3) is 0 Å². The van der Waals surface area contributed by atoms with E-state index < -0.39 is 0 Å². The fourth-order valence-electron chi connectivity index (χ4n) is 12.0. The second-order valence-corrected chi connectivity index (χ2v) is 26.4. The van der Waals surface area contributed by atoms with E-state index in [0.717, 1.165) is 160 Å². The van der Waals surface area contributed by atoms with Gasteiger partial charge in [-0.05, 0) is 132 Å². The molecule has 2 aliphatic heterocycles. The molecule has 4 aromatic carbocycles. The highest BCUT2D eigenvalue weighted by Gasteiger charge is 2.20. The molecule has 3 aromatic heterocycles. The number of quaternary nitrogens is 2. The lowest BCUT2D eigenvalue weighted by Crippen LogP contribution is -2.36. The lowest BCUT2D eigenvalue weighted by atomic mass is 10.0. The number of hydrogen-bond donors (Lipinski definition) is 2. The average molecular weight is 1190 g/mol. The van der Waals surface area contributed by atoms with Crippen LogP contribution in [-0.4, -0.2) is 111 Å². The Bertz CT molecular complexity index is 3280. The molecule has 5 heterocycles. The Morgan fingerprint density at radius 2 is 0.511 bits per heavy atom. The zero-order chi connectivity index (χ0) is 61.6. The first-order valence-electron chi connectivity index (χ1n) is 33.5. The van der Waals surface area contributed by atoms with Crippen molar-refractivity contribution in [3.63, 3.8) is 0 Å². The van der Waals surface area contributed by atoms with Crippen molar-refractivity contribution in [3.05, 3.63) is 144 Å². The highest BCUT2D eigenvalue weighted by atomic mass is 16.5. The highest BCUT2D eigenvalue weighted by molar-refractivity contribution is 6.00. The van der Waals surface area contributed by atoms with Crippen molar-refractivity contribution in [1.29, 1.82) is 0 Å². The molecule has 2 aliphatic rings. The summed E-state index contributed by atoms with van der Waals surface area (Å²) in [4.78, 5) is 19.1. The summed E-state index contributed by atoms with van der Waals surface area (Å²) < 4.78 is 27.2. The predicted molar refractivity (Wildman–Crippen MR) is 372 cm³/mol. The summed E-state index contributed by atoms with van der Waals surface area (Å²) in [6, 6.07) is 42.9. The van der Waals surface area contributed by atoms with Crippen LogP contribution in [0.5, 0.6) is 23.0 Å². The number of aromatic amines is 2. The lowest BCUT2D eigenvalue weighted by molar-refractivity contribution is -0.870. The molecule has 0 amide bonds. The van der Waals surface area contributed by atoms with Gasteiger partial charge in [-0.2, -0.15) is 0 Å². The third-order valence-electron chi connectivity index (χ3n) is 16.8. The number of aromatic nitrogens is 4. The highest BCUT2D eigenvalue weighted by Crippen LogP contribution is 2.40. The normalized spacial score (nSPS) is 12.3. The first kappa shape index (κ1) is 65.1. The van der Waals surface area contributed by atoms with Gasteiger partial charge in [0.2, 0.25) is 0 Å². The zero-order valence-corrected chi connectivity index (χ0v) is 54.7. The van der Waals surface area contributed by atoms with Gasteiger partial charge < -0.3 is 37.9 Å². The van der Waals surface area contributed by atoms with Crippen molar-refractivity contribution in [2.24, 2.45) is 0 Å². The van der Waals surface area contributed by atoms with E-state index in [1.54, 1.807) is 0 Å². The van der Waals surface area contributed by atoms with E-state index in [2.05, 4.69) is 212 Å². The van der Waals surface area contributed by atoms with Crippen molar-refractivity contribution in [2.45, 2.75) is 142 Å². The van der Waals surface area contributed by atoms with Gasteiger partial charge in [0.05, 0.1) is 105 Å². The number of benzene rings is 4. The summed E-state index contributed by atoms with van der Waals surface area (Å²) >= 11 is 0. The van der Waals surface area contributed by atoms with Crippen LogP contribution in [0.25, 0.3) is 90.9 Å². The second-order valence-electron chi connectivity index (χ2n) is 26.4. The van der Waals surface area contributed by atoms with Gasteiger partial charge in [-0.15, -0.1) is 0 Å². The molecule has 8 bridgehead atoms. The number of hydrogen-bond acceptors (Lipinski definition) is 6. The first-order chi connectivity index (χ1) is 42.8. The largest absolute Gasteiger partial charge is 0.494 e. The van der Waals surface area contributed by atoms with E-state index in [0.29, 0.717) is 26.4 Å². The number of H-pyrrole nitrogens is 2. The van der Waals surface area contributed by atoms with Crippen LogP contribution in [-0.2, 0) is 0 Å². The fourth-order valence-corrected chi connectivity index (χ4v) is 12.0. The predicted octanol–water partition coefficient (Wildman–Crippen LogP) is 20.1. The van der Waals surface area contributed by atoms with Crippen molar-refractivity contribution < 1.29 is 27.9 Å². The van der Waals surface area contributed by atoms with Crippen LogP contribution < -0.4 is 18.9 Å². The maximum absolute atomic E-state index is 6.38. The van der Waals surface area contributed by atoms with Crippen molar-refractivity contribution in [1.82, 2.24) is 19.9 Å². The maximum atomic E-state index is 6.38. The summed E-state index contributed by atoms with van der Waals surface area (Å²) in [6.07, 6.45) is 33.7. The Balaban J connectivity index is 1.13. The molecule has 0 spiro atoms. The third-order valence-corrected chi connectivity index (χ3v) is 16.8. The van der Waals surface area contributed by atoms with E-state index >= 15 is 0 Å². The molecule has 0 fully saturated rings. The van der Waals surface area contributed by atoms with Crippen molar-refractivity contribution in [3.8, 4) is 67.5 Å². The van der Waals surface area contributed by atoms with Crippen LogP contribution in [0.4, 0.5) is 0 Å². The Kier molecular flexibility index (Phi) is 24.2. The van der Waals surface area contributed by atoms with Crippen molar-refractivity contribution >= 4 is 46.4 Å². The molecule has 0 radical (unpaired) electrons. The smallest absolute Gasteiger partial charge is 0.119 e. The van der Waals surface area contributed by atoms with Gasteiger partial charge in [-0.3, -0.25) is 0 Å². The summed E-state index contributed by atoms with van der Waals surface area (Å²) in [5, 5.41) is 0. The fraction of sp³-hybridized carbons (Fsp3) is 0.436. The van der Waals surface area contributed by atoms with Gasteiger partial charge in [0.1, 0.15) is 23.0 Å². The van der Waals surface area contributed by atoms with Crippen LogP contribution in [0.2, 0.25) is 0 Å². The molecule has 10 nitrogen and oxygen atoms in total. The number of nitrogens with one attached hydrogen (secondary N) is 2. The van der Waals surface area contributed by atoms with Crippen LogP contribution in [0.1, 0.15) is 165 Å². The van der Waals surface area contributed by atoms with Gasteiger partial charge >= 0.3 is 0 Å². The molecule has 0 aliphatic carbocycles. The van der Waals surface area contributed by atoms with Gasteiger partial charge in [-0.25, -0.2) is 9.97 Å². The third kappa shape index (κ3) is 19.3. The zero-order valence-electron chi connectivity index (χ0n) is 54.7. The minimum atomic E-state index is 0.657. The van der Waals surface area contributed by atoms with E-state index in [9.17, 15) is 0 Å². The average Bonchev–Trinajstić information content (AvgIpc) is 1.95. The van der Waals surface area contributed by atoms with Gasteiger partial charge in [0.15, 0.2) is 0 Å². The Hall–Kier alpha value is -7.40. The van der Waals surface area contributed by atoms with Crippen LogP contribution in [0.3, 0.4) is 0 Å². The molecular weight excluding hydrogens is 1080 g/mol. The monoisotopic (exact) mass is 1190 g/mol. The van der Waals surface area contributed by atoms with E-state index in [4.69, 9.17) is 28.9 Å². The lowest BCUT2D eigenvalue weighted by Gasteiger charge is -2.23. The Morgan fingerprint density at radius 1 is 0.284 bits per heavy atom. The molecule has 0 atom stereocenters. The van der Waals surface area contributed by atoms with Crippen LogP contribution in [0.15, 0.2) is 121 Å². The topological polar surface area (TPSA) is 94.3 Å². The minimum absolute atomic E-state index is 0.657. The number of nitrogens with zero attached hydrogens (tertiary/aromatic N) is 4. The van der Waals surface area contributed by atoms with E-state index in [-0.39, 0.29) is 0 Å². The van der Waals surface area contributed by atoms with Crippen molar-refractivity contribution in [2.75, 3.05) is 81.8 Å². The molecule has 0 saturated heterocycles. The molecular formula is C78H102N6O4+2. The number of fused-ring (bicyclic) bond motifs is 8. The molecule has 2 N–H and O–H groups in total. The number of unbranched alkanes of at least 4 members (excludes halogenated alkanes) is 16. The van der Waals surface area contributed by atoms with Crippen LogP contribution in [0, 0.1) is 0 Å². The summed E-state index contributed by atoms with van der Waals surface area (Å²) in [6.45, 7) is 9.37. The summed E-state index contributed by atoms with van der Waals surface area (Å²) in [5.41, 5.74) is 15.3. The molecule has 7 aromatic rings. The quantitative estimate of drug-likeness (QED) is 0.0300. The molecule has 0 saturated carbocycles. The molecule has 88 heavy (non-hydrogen) atoms. The van der Waals surface area contributed by atoms with Crippen LogP contribution >= 0.6 is 0 Å². The SMILES string of the molecule is CCCCCCCCCCCOc1ccc(-c2c3nc(c(-c4ccc(OCCCCCCCCCCC)cc4)c4ccc([nH]4)c(-c4ccc(OCCC[N+](C)(C)C)cc4)c4nc(c(-c5ccc(OCCC[N+](C)(C)C)cc5)c5ccc2[nH]5)C=C4)C=C3)cc1. The Morgan fingerprint density at radius 3 is 0.750 bits per heavy atom. The first-order valence-corrected chi connectivity index (χ1v) is 33.5. The Labute approximate surface area is 527 Å². The minimum Gasteiger partial charge on any atom is -0.494 e. The van der Waals surface area contributed by atoms with Gasteiger partial charge in [-0.1, -0.05) is 165 Å². The number of rotatable bonds is 36. The summed E-state index contributed by atoms with van der Waals surface area (Å²) in [5.74, 6) is 3.45. The maximum Gasteiger partial charge on any atom is 0.119 e. The molecule has 9 rings (SSSR count). The molecule has 0 unspecified atom stereocenters. The second kappa shape index (κ2) is 32.7. The number of ether oxygens (including phenoxy) is 4.